The molecule has 28 heavy (non-hydrogen) atoms. The SMILES string of the molecule is COc1ccccc1CCNc1cc(C(=O)NC(C)c2ccccc2)ncn1. The number of nitrogens with one attached hydrogen (secondary N) is 2. The first kappa shape index (κ1) is 19.4. The molecule has 0 saturated heterocycles. The smallest absolute Gasteiger partial charge is 0.270 e. The molecule has 1 unspecified atom stereocenters. The van der Waals surface area contributed by atoms with Gasteiger partial charge in [0, 0.05) is 12.6 Å². The summed E-state index contributed by atoms with van der Waals surface area (Å²) in [6.45, 7) is 2.61. The minimum atomic E-state index is -0.230. The van der Waals surface area contributed by atoms with Crippen molar-refractivity contribution in [1.29, 1.82) is 0 Å². The molecule has 0 spiro atoms. The molecular weight excluding hydrogens is 352 g/mol. The highest BCUT2D eigenvalue weighted by atomic mass is 16.5. The molecule has 0 bridgehead atoms. The van der Waals surface area contributed by atoms with Crippen molar-refractivity contribution >= 4 is 11.7 Å². The first-order chi connectivity index (χ1) is 13.7. The Hall–Kier alpha value is -3.41. The number of carbonyl (C=O) groups excluding carboxylic acids is 1. The maximum Gasteiger partial charge on any atom is 0.270 e. The van der Waals surface area contributed by atoms with Gasteiger partial charge >= 0.3 is 0 Å². The van der Waals surface area contributed by atoms with Crippen LogP contribution < -0.4 is 15.4 Å². The third-order valence-corrected chi connectivity index (χ3v) is 4.44. The lowest BCUT2D eigenvalue weighted by atomic mass is 10.1. The number of ether oxygens (including phenoxy) is 1. The predicted molar refractivity (Wildman–Crippen MR) is 110 cm³/mol. The minimum Gasteiger partial charge on any atom is -0.496 e. The van der Waals surface area contributed by atoms with E-state index in [1.54, 1.807) is 13.2 Å². The summed E-state index contributed by atoms with van der Waals surface area (Å²) in [4.78, 5) is 20.8. The van der Waals surface area contributed by atoms with E-state index in [2.05, 4.69) is 20.6 Å². The molecule has 2 N–H and O–H groups in total. The van der Waals surface area contributed by atoms with Crippen LogP contribution in [0.1, 0.15) is 34.6 Å². The largest absolute Gasteiger partial charge is 0.496 e. The molecule has 0 aliphatic carbocycles. The molecule has 2 aromatic carbocycles. The van der Waals surface area contributed by atoms with Crippen LogP contribution in [-0.4, -0.2) is 29.5 Å². The van der Waals surface area contributed by atoms with Gasteiger partial charge in [-0.25, -0.2) is 9.97 Å². The summed E-state index contributed by atoms with van der Waals surface area (Å²) in [6, 6.07) is 19.3. The molecule has 0 radical (unpaired) electrons. The predicted octanol–water partition coefficient (Wildman–Crippen LogP) is 3.63. The van der Waals surface area contributed by atoms with E-state index in [1.165, 1.54) is 6.33 Å². The second-order valence-corrected chi connectivity index (χ2v) is 6.38. The minimum absolute atomic E-state index is 0.106. The van der Waals surface area contributed by atoms with Gasteiger partial charge in [0.2, 0.25) is 0 Å². The standard InChI is InChI=1S/C22H24N4O2/c1-16(17-8-4-3-5-9-17)26-22(27)19-14-21(25-15-24-19)23-13-12-18-10-6-7-11-20(18)28-2/h3-11,14-16H,12-13H2,1-2H3,(H,26,27)(H,23,24,25). The summed E-state index contributed by atoms with van der Waals surface area (Å²) in [7, 11) is 1.66. The molecule has 6 heteroatoms. The molecule has 1 aromatic heterocycles. The number of amides is 1. The van der Waals surface area contributed by atoms with Crippen molar-refractivity contribution in [2.75, 3.05) is 19.0 Å². The second kappa shape index (κ2) is 9.50. The van der Waals surface area contributed by atoms with Gasteiger partial charge in [0.25, 0.3) is 5.91 Å². The molecule has 0 saturated carbocycles. The quantitative estimate of drug-likeness (QED) is 0.628. The summed E-state index contributed by atoms with van der Waals surface area (Å²) in [5.41, 5.74) is 2.49. The highest BCUT2D eigenvalue weighted by Gasteiger charge is 2.13. The Balaban J connectivity index is 1.58. The van der Waals surface area contributed by atoms with Crippen molar-refractivity contribution < 1.29 is 9.53 Å². The number of anilines is 1. The summed E-state index contributed by atoms with van der Waals surface area (Å²) in [5.74, 6) is 1.25. The molecule has 144 valence electrons. The summed E-state index contributed by atoms with van der Waals surface area (Å²) in [6.07, 6.45) is 2.17. The summed E-state index contributed by atoms with van der Waals surface area (Å²) < 4.78 is 5.37. The number of benzene rings is 2. The van der Waals surface area contributed by atoms with E-state index in [4.69, 9.17) is 4.74 Å². The molecule has 1 amide bonds. The van der Waals surface area contributed by atoms with Crippen molar-refractivity contribution in [3.63, 3.8) is 0 Å². The van der Waals surface area contributed by atoms with Crippen LogP contribution in [0.5, 0.6) is 5.75 Å². The zero-order valence-corrected chi connectivity index (χ0v) is 16.1. The molecule has 3 aromatic rings. The van der Waals surface area contributed by atoms with Gasteiger partial charge in [0.1, 0.15) is 23.6 Å². The van der Waals surface area contributed by atoms with Crippen LogP contribution in [0.15, 0.2) is 67.0 Å². The van der Waals surface area contributed by atoms with E-state index in [0.717, 1.165) is 23.3 Å². The number of hydrogen-bond acceptors (Lipinski definition) is 5. The van der Waals surface area contributed by atoms with Crippen LogP contribution in [0.3, 0.4) is 0 Å². The molecule has 0 aliphatic rings. The lowest BCUT2D eigenvalue weighted by Crippen LogP contribution is -2.27. The molecular formula is C22H24N4O2. The van der Waals surface area contributed by atoms with E-state index < -0.39 is 0 Å². The van der Waals surface area contributed by atoms with E-state index in [1.807, 2.05) is 61.5 Å². The molecule has 1 heterocycles. The van der Waals surface area contributed by atoms with Crippen LogP contribution in [0.2, 0.25) is 0 Å². The fourth-order valence-electron chi connectivity index (χ4n) is 2.91. The lowest BCUT2D eigenvalue weighted by molar-refractivity contribution is 0.0934. The Labute approximate surface area is 165 Å². The van der Waals surface area contributed by atoms with E-state index >= 15 is 0 Å². The highest BCUT2D eigenvalue weighted by molar-refractivity contribution is 5.93. The van der Waals surface area contributed by atoms with Gasteiger partial charge in [-0.3, -0.25) is 4.79 Å². The zero-order valence-electron chi connectivity index (χ0n) is 16.1. The normalized spacial score (nSPS) is 11.5. The third kappa shape index (κ3) is 5.07. The van der Waals surface area contributed by atoms with Crippen molar-refractivity contribution in [1.82, 2.24) is 15.3 Å². The molecule has 0 aliphatic heterocycles. The first-order valence-electron chi connectivity index (χ1n) is 9.21. The van der Waals surface area contributed by atoms with Gasteiger partial charge in [0.05, 0.1) is 13.2 Å². The number of hydrogen-bond donors (Lipinski definition) is 2. The van der Waals surface area contributed by atoms with Crippen LogP contribution in [-0.2, 0) is 6.42 Å². The number of nitrogens with zero attached hydrogens (tertiary/aromatic N) is 2. The van der Waals surface area contributed by atoms with Gasteiger partial charge in [0.15, 0.2) is 0 Å². The van der Waals surface area contributed by atoms with E-state index in [-0.39, 0.29) is 11.9 Å². The fourth-order valence-corrected chi connectivity index (χ4v) is 2.91. The van der Waals surface area contributed by atoms with Gasteiger partial charge in [-0.05, 0) is 30.5 Å². The van der Waals surface area contributed by atoms with Gasteiger partial charge < -0.3 is 15.4 Å². The van der Waals surface area contributed by atoms with E-state index in [0.29, 0.717) is 18.1 Å². The number of para-hydroxylation sites is 1. The third-order valence-electron chi connectivity index (χ3n) is 4.44. The number of rotatable bonds is 8. The Morgan fingerprint density at radius 1 is 1.07 bits per heavy atom. The Bertz CT molecular complexity index is 915. The number of methoxy groups -OCH3 is 1. The summed E-state index contributed by atoms with van der Waals surface area (Å²) >= 11 is 0. The van der Waals surface area contributed by atoms with Gasteiger partial charge in [-0.2, -0.15) is 0 Å². The maximum absolute atomic E-state index is 12.5. The molecule has 6 nitrogen and oxygen atoms in total. The van der Waals surface area contributed by atoms with Crippen LogP contribution >= 0.6 is 0 Å². The number of aromatic nitrogens is 2. The maximum atomic E-state index is 12.5. The molecule has 3 rings (SSSR count). The highest BCUT2D eigenvalue weighted by Crippen LogP contribution is 2.18. The topological polar surface area (TPSA) is 76.1 Å². The Morgan fingerprint density at radius 3 is 2.61 bits per heavy atom. The van der Waals surface area contributed by atoms with Crippen LogP contribution in [0, 0.1) is 0 Å². The van der Waals surface area contributed by atoms with Crippen LogP contribution in [0.4, 0.5) is 5.82 Å². The van der Waals surface area contributed by atoms with E-state index in [9.17, 15) is 4.79 Å². The first-order valence-corrected chi connectivity index (χ1v) is 9.21. The number of carbonyl (C=O) groups is 1. The van der Waals surface area contributed by atoms with Crippen LogP contribution in [0.25, 0.3) is 0 Å². The van der Waals surface area contributed by atoms with Gasteiger partial charge in [-0.15, -0.1) is 0 Å². The molecule has 0 fully saturated rings. The Morgan fingerprint density at radius 2 is 1.82 bits per heavy atom. The summed E-state index contributed by atoms with van der Waals surface area (Å²) in [5, 5.41) is 6.20. The zero-order chi connectivity index (χ0) is 19.8. The second-order valence-electron chi connectivity index (χ2n) is 6.38. The Kier molecular flexibility index (Phi) is 6.57. The van der Waals surface area contributed by atoms with Crippen molar-refractivity contribution in [3.8, 4) is 5.75 Å². The fraction of sp³-hybridized carbons (Fsp3) is 0.227. The lowest BCUT2D eigenvalue weighted by Gasteiger charge is -2.14. The average molecular weight is 376 g/mol. The average Bonchev–Trinajstić information content (AvgIpc) is 2.75. The van der Waals surface area contributed by atoms with Gasteiger partial charge in [-0.1, -0.05) is 48.5 Å². The molecule has 1 atom stereocenters. The van der Waals surface area contributed by atoms with Crippen molar-refractivity contribution in [3.05, 3.63) is 83.8 Å². The van der Waals surface area contributed by atoms with Crippen molar-refractivity contribution in [2.24, 2.45) is 0 Å². The van der Waals surface area contributed by atoms with Crippen molar-refractivity contribution in [2.45, 2.75) is 19.4 Å². The monoisotopic (exact) mass is 376 g/mol.